The Morgan fingerprint density at radius 3 is 2.58 bits per heavy atom. The molecule has 0 unspecified atom stereocenters. The van der Waals surface area contributed by atoms with Crippen LogP contribution in [0.15, 0.2) is 70.5 Å². The fourth-order valence-corrected chi connectivity index (χ4v) is 4.93. The molecule has 0 spiro atoms. The third kappa shape index (κ3) is 5.09. The van der Waals surface area contributed by atoms with Gasteiger partial charge in [0, 0.05) is 23.1 Å². The van der Waals surface area contributed by atoms with Gasteiger partial charge in [-0.05, 0) is 49.1 Å². The standard InChI is InChI=1S/C24H25N3O4S2/c1-3-31-23-8-6-5-7-20(23)22-15-21(25-27(22)24(28)18-13-14-32-16-18)17-9-11-19(12-10-17)26-33(29,30)4-2/h5-14,16,22,26H,3-4,15H2,1-2H3/t22-/m0/s1. The Labute approximate surface area is 197 Å². The summed E-state index contributed by atoms with van der Waals surface area (Å²) < 4.78 is 32.0. The number of nitrogens with one attached hydrogen (secondary N) is 1. The van der Waals surface area contributed by atoms with E-state index in [2.05, 4.69) is 4.72 Å². The van der Waals surface area contributed by atoms with Crippen molar-refractivity contribution in [3.05, 3.63) is 82.0 Å². The van der Waals surface area contributed by atoms with Crippen LogP contribution in [-0.4, -0.2) is 37.4 Å². The second-order valence-corrected chi connectivity index (χ2v) is 10.3. The highest BCUT2D eigenvalue weighted by molar-refractivity contribution is 7.92. The molecule has 33 heavy (non-hydrogen) atoms. The molecule has 0 fully saturated rings. The topological polar surface area (TPSA) is 88.1 Å². The summed E-state index contributed by atoms with van der Waals surface area (Å²) in [5.41, 5.74) is 3.56. The second kappa shape index (κ2) is 9.76. The molecule has 0 radical (unpaired) electrons. The van der Waals surface area contributed by atoms with Gasteiger partial charge in [-0.2, -0.15) is 16.4 Å². The molecule has 1 aromatic heterocycles. The molecular formula is C24H25N3O4S2. The molecule has 1 aliphatic heterocycles. The number of hydrogen-bond acceptors (Lipinski definition) is 6. The molecule has 0 aliphatic carbocycles. The van der Waals surface area contributed by atoms with Crippen LogP contribution in [0.1, 0.15) is 47.8 Å². The van der Waals surface area contributed by atoms with Crippen molar-refractivity contribution >= 4 is 38.7 Å². The number of rotatable bonds is 8. The number of hydrazone groups is 1. The predicted octanol–water partition coefficient (Wildman–Crippen LogP) is 4.90. The molecule has 1 amide bonds. The third-order valence-corrected chi connectivity index (χ3v) is 7.33. The zero-order valence-electron chi connectivity index (χ0n) is 18.4. The highest BCUT2D eigenvalue weighted by Crippen LogP contribution is 2.38. The molecule has 9 heteroatoms. The highest BCUT2D eigenvalue weighted by Gasteiger charge is 2.35. The average molecular weight is 484 g/mol. The molecular weight excluding hydrogens is 458 g/mol. The van der Waals surface area contributed by atoms with Crippen LogP contribution in [0.25, 0.3) is 0 Å². The summed E-state index contributed by atoms with van der Waals surface area (Å²) in [6.07, 6.45) is 0.514. The average Bonchev–Trinajstić information content (AvgIpc) is 3.50. The summed E-state index contributed by atoms with van der Waals surface area (Å²) in [5, 5.41) is 9.92. The maximum absolute atomic E-state index is 13.3. The minimum absolute atomic E-state index is 0.00202. The van der Waals surface area contributed by atoms with Crippen LogP contribution in [0.4, 0.5) is 5.69 Å². The molecule has 2 heterocycles. The van der Waals surface area contributed by atoms with Crippen molar-refractivity contribution in [1.29, 1.82) is 0 Å². The van der Waals surface area contributed by atoms with E-state index in [4.69, 9.17) is 9.84 Å². The normalized spacial score (nSPS) is 15.9. The van der Waals surface area contributed by atoms with E-state index < -0.39 is 10.0 Å². The first-order valence-electron chi connectivity index (χ1n) is 10.7. The first-order valence-corrected chi connectivity index (χ1v) is 13.3. The largest absolute Gasteiger partial charge is 0.494 e. The van der Waals surface area contributed by atoms with Crippen LogP contribution in [0, 0.1) is 0 Å². The zero-order valence-corrected chi connectivity index (χ0v) is 20.0. The number of ether oxygens (including phenoxy) is 1. The van der Waals surface area contributed by atoms with Crippen molar-refractivity contribution in [3.8, 4) is 5.75 Å². The maximum atomic E-state index is 13.3. The Morgan fingerprint density at radius 2 is 1.91 bits per heavy atom. The van der Waals surface area contributed by atoms with Crippen LogP contribution in [-0.2, 0) is 10.0 Å². The Kier molecular flexibility index (Phi) is 6.80. The van der Waals surface area contributed by atoms with E-state index in [-0.39, 0.29) is 17.7 Å². The molecule has 3 aromatic rings. The first-order chi connectivity index (χ1) is 15.9. The molecule has 172 valence electrons. The van der Waals surface area contributed by atoms with Crippen molar-refractivity contribution in [2.24, 2.45) is 5.10 Å². The molecule has 7 nitrogen and oxygen atoms in total. The Morgan fingerprint density at radius 1 is 1.15 bits per heavy atom. The predicted molar refractivity (Wildman–Crippen MR) is 132 cm³/mol. The summed E-state index contributed by atoms with van der Waals surface area (Å²) >= 11 is 1.46. The molecule has 1 atom stereocenters. The van der Waals surface area contributed by atoms with Crippen molar-refractivity contribution in [2.75, 3.05) is 17.1 Å². The lowest BCUT2D eigenvalue weighted by atomic mass is 9.97. The number of carbonyl (C=O) groups excluding carboxylic acids is 1. The zero-order chi connectivity index (χ0) is 23.4. The molecule has 1 aliphatic rings. The fraction of sp³-hybridized carbons (Fsp3) is 0.250. The summed E-state index contributed by atoms with van der Waals surface area (Å²) in [7, 11) is -3.35. The van der Waals surface area contributed by atoms with Crippen molar-refractivity contribution < 1.29 is 17.9 Å². The van der Waals surface area contributed by atoms with Crippen molar-refractivity contribution in [1.82, 2.24) is 5.01 Å². The van der Waals surface area contributed by atoms with E-state index in [1.165, 1.54) is 16.3 Å². The number of anilines is 1. The van der Waals surface area contributed by atoms with Gasteiger partial charge < -0.3 is 4.74 Å². The Hall–Kier alpha value is -3.17. The number of benzene rings is 2. The molecule has 1 N–H and O–H groups in total. The minimum atomic E-state index is -3.35. The number of thiophene rings is 1. The van der Waals surface area contributed by atoms with Crippen LogP contribution in [0.5, 0.6) is 5.75 Å². The van der Waals surface area contributed by atoms with E-state index >= 15 is 0 Å². The Bertz CT molecular complexity index is 1250. The minimum Gasteiger partial charge on any atom is -0.494 e. The van der Waals surface area contributed by atoms with E-state index in [0.717, 1.165) is 22.6 Å². The van der Waals surface area contributed by atoms with Crippen LogP contribution < -0.4 is 9.46 Å². The van der Waals surface area contributed by atoms with Gasteiger partial charge in [0.25, 0.3) is 5.91 Å². The SMILES string of the molecule is CCOc1ccccc1[C@@H]1CC(c2ccc(NS(=O)(=O)CC)cc2)=NN1C(=O)c1ccsc1. The van der Waals surface area contributed by atoms with Gasteiger partial charge in [0.2, 0.25) is 10.0 Å². The molecule has 0 saturated carbocycles. The van der Waals surface area contributed by atoms with Crippen molar-refractivity contribution in [2.45, 2.75) is 26.3 Å². The highest BCUT2D eigenvalue weighted by atomic mass is 32.2. The number of para-hydroxylation sites is 1. The second-order valence-electron chi connectivity index (χ2n) is 7.48. The number of hydrogen-bond donors (Lipinski definition) is 1. The van der Waals surface area contributed by atoms with Gasteiger partial charge in [0.05, 0.1) is 29.7 Å². The van der Waals surface area contributed by atoms with E-state index in [9.17, 15) is 13.2 Å². The lowest BCUT2D eigenvalue weighted by Crippen LogP contribution is -2.27. The number of carbonyl (C=O) groups is 1. The fourth-order valence-electron chi connectivity index (χ4n) is 3.66. The Balaban J connectivity index is 1.67. The summed E-state index contributed by atoms with van der Waals surface area (Å²) in [6, 6.07) is 16.2. The molecule has 4 rings (SSSR count). The number of sulfonamides is 1. The van der Waals surface area contributed by atoms with Crippen LogP contribution >= 0.6 is 11.3 Å². The lowest BCUT2D eigenvalue weighted by Gasteiger charge is -2.23. The lowest BCUT2D eigenvalue weighted by molar-refractivity contribution is 0.0709. The van der Waals surface area contributed by atoms with Gasteiger partial charge in [0.1, 0.15) is 5.75 Å². The van der Waals surface area contributed by atoms with Crippen LogP contribution in [0.2, 0.25) is 0 Å². The van der Waals surface area contributed by atoms with Gasteiger partial charge in [-0.25, -0.2) is 13.4 Å². The smallest absolute Gasteiger partial charge is 0.275 e. The third-order valence-electron chi connectivity index (χ3n) is 5.34. The van der Waals surface area contributed by atoms with Gasteiger partial charge in [-0.15, -0.1) is 0 Å². The summed E-state index contributed by atoms with van der Waals surface area (Å²) in [4.78, 5) is 13.3. The van der Waals surface area contributed by atoms with E-state index in [1.54, 1.807) is 25.1 Å². The molecule has 0 bridgehead atoms. The van der Waals surface area contributed by atoms with Crippen LogP contribution in [0.3, 0.4) is 0 Å². The quantitative estimate of drug-likeness (QED) is 0.494. The van der Waals surface area contributed by atoms with Gasteiger partial charge in [0.15, 0.2) is 0 Å². The van der Waals surface area contributed by atoms with E-state index in [1.807, 2.05) is 54.1 Å². The number of amides is 1. The van der Waals surface area contributed by atoms with Crippen molar-refractivity contribution in [3.63, 3.8) is 0 Å². The maximum Gasteiger partial charge on any atom is 0.275 e. The number of nitrogens with zero attached hydrogens (tertiary/aromatic N) is 2. The van der Waals surface area contributed by atoms with E-state index in [0.29, 0.717) is 24.3 Å². The van der Waals surface area contributed by atoms with Gasteiger partial charge in [-0.3, -0.25) is 9.52 Å². The first kappa shape index (κ1) is 23.0. The van der Waals surface area contributed by atoms with Gasteiger partial charge in [-0.1, -0.05) is 30.3 Å². The monoisotopic (exact) mass is 483 g/mol. The molecule has 0 saturated heterocycles. The summed E-state index contributed by atoms with van der Waals surface area (Å²) in [6.45, 7) is 4.03. The molecule has 2 aromatic carbocycles. The van der Waals surface area contributed by atoms with Gasteiger partial charge >= 0.3 is 0 Å². The summed E-state index contributed by atoms with van der Waals surface area (Å²) in [5.74, 6) is 0.561.